The Morgan fingerprint density at radius 3 is 2.55 bits per heavy atom. The number of carbonyl (C=O) groups is 2. The van der Waals surface area contributed by atoms with Crippen LogP contribution in [0.5, 0.6) is 0 Å². The first-order valence-electron chi connectivity index (χ1n) is 7.11. The van der Waals surface area contributed by atoms with Gasteiger partial charge in [-0.05, 0) is 25.0 Å². The summed E-state index contributed by atoms with van der Waals surface area (Å²) in [6.07, 6.45) is 0.806. The van der Waals surface area contributed by atoms with Crippen LogP contribution < -0.4 is 5.63 Å². The molecular weight excluding hydrogens is 286 g/mol. The Morgan fingerprint density at radius 1 is 1.18 bits per heavy atom. The molecule has 0 spiro atoms. The van der Waals surface area contributed by atoms with Crippen LogP contribution in [0.15, 0.2) is 39.5 Å². The molecule has 1 N–H and O–H groups in total. The van der Waals surface area contributed by atoms with Gasteiger partial charge in [0.25, 0.3) is 5.91 Å². The predicted molar refractivity (Wildman–Crippen MR) is 78.7 cm³/mol. The Labute approximate surface area is 126 Å². The highest BCUT2D eigenvalue weighted by atomic mass is 16.4. The van der Waals surface area contributed by atoms with Crippen molar-refractivity contribution in [3.63, 3.8) is 0 Å². The molecule has 0 atom stereocenters. The Hall–Kier alpha value is -2.63. The molecule has 0 unspecified atom stereocenters. The van der Waals surface area contributed by atoms with E-state index in [1.54, 1.807) is 24.3 Å². The van der Waals surface area contributed by atoms with Crippen molar-refractivity contribution in [2.75, 3.05) is 13.1 Å². The van der Waals surface area contributed by atoms with Crippen LogP contribution in [0.4, 0.5) is 0 Å². The number of likely N-dealkylation sites (tertiary alicyclic amines) is 1. The molecule has 1 aliphatic rings. The number of para-hydroxylation sites is 1. The topological polar surface area (TPSA) is 87.8 Å². The summed E-state index contributed by atoms with van der Waals surface area (Å²) in [4.78, 5) is 36.9. The van der Waals surface area contributed by atoms with E-state index in [0.717, 1.165) is 0 Å². The summed E-state index contributed by atoms with van der Waals surface area (Å²) in [5, 5.41) is 9.66. The summed E-state index contributed by atoms with van der Waals surface area (Å²) in [7, 11) is 0. The fourth-order valence-corrected chi connectivity index (χ4v) is 2.71. The van der Waals surface area contributed by atoms with Crippen LogP contribution in [0.2, 0.25) is 0 Å². The summed E-state index contributed by atoms with van der Waals surface area (Å²) < 4.78 is 5.17. The van der Waals surface area contributed by atoms with Crippen LogP contribution in [0, 0.1) is 5.92 Å². The second kappa shape index (κ2) is 5.63. The maximum atomic E-state index is 12.5. The highest BCUT2D eigenvalue weighted by Gasteiger charge is 2.28. The third kappa shape index (κ3) is 2.59. The van der Waals surface area contributed by atoms with E-state index in [2.05, 4.69) is 0 Å². The zero-order valence-electron chi connectivity index (χ0n) is 11.8. The molecule has 1 amide bonds. The maximum absolute atomic E-state index is 12.5. The molecule has 6 heteroatoms. The van der Waals surface area contributed by atoms with Gasteiger partial charge in [-0.25, -0.2) is 4.79 Å². The molecule has 3 rings (SSSR count). The van der Waals surface area contributed by atoms with E-state index in [1.165, 1.54) is 11.0 Å². The highest BCUT2D eigenvalue weighted by molar-refractivity contribution is 5.96. The normalized spacial score (nSPS) is 15.9. The number of aliphatic carboxylic acids is 1. The lowest BCUT2D eigenvalue weighted by Crippen LogP contribution is -2.41. The van der Waals surface area contributed by atoms with Gasteiger partial charge in [0.15, 0.2) is 0 Å². The molecule has 2 heterocycles. The monoisotopic (exact) mass is 301 g/mol. The van der Waals surface area contributed by atoms with E-state index in [-0.39, 0.29) is 5.56 Å². The summed E-state index contributed by atoms with van der Waals surface area (Å²) in [6, 6.07) is 8.53. The van der Waals surface area contributed by atoms with Crippen molar-refractivity contribution in [3.05, 3.63) is 46.3 Å². The third-order valence-corrected chi connectivity index (χ3v) is 4.00. The number of carboxylic acid groups (broad SMARTS) is 1. The van der Waals surface area contributed by atoms with E-state index in [1.807, 2.05) is 0 Å². The van der Waals surface area contributed by atoms with E-state index in [0.29, 0.717) is 36.9 Å². The standard InChI is InChI=1S/C16H15NO5/c18-14(17-7-5-10(6-8-17)15(19)20)12-9-11-3-1-2-4-13(11)22-16(12)21/h1-4,9-10H,5-8H2,(H,19,20). The van der Waals surface area contributed by atoms with Gasteiger partial charge >= 0.3 is 11.6 Å². The van der Waals surface area contributed by atoms with Crippen molar-refractivity contribution in [1.82, 2.24) is 4.90 Å². The number of carboxylic acids is 1. The van der Waals surface area contributed by atoms with Gasteiger partial charge in [0, 0.05) is 18.5 Å². The molecule has 0 aliphatic carbocycles. The van der Waals surface area contributed by atoms with Gasteiger partial charge in [0.1, 0.15) is 11.1 Å². The number of hydrogen-bond acceptors (Lipinski definition) is 4. The lowest BCUT2D eigenvalue weighted by Gasteiger charge is -2.29. The number of hydrogen-bond donors (Lipinski definition) is 1. The number of nitrogens with zero attached hydrogens (tertiary/aromatic N) is 1. The van der Waals surface area contributed by atoms with Gasteiger partial charge < -0.3 is 14.4 Å². The number of carbonyl (C=O) groups excluding carboxylic acids is 1. The van der Waals surface area contributed by atoms with Crippen LogP contribution in [0.1, 0.15) is 23.2 Å². The average Bonchev–Trinajstić information content (AvgIpc) is 2.53. The van der Waals surface area contributed by atoms with Crippen LogP contribution >= 0.6 is 0 Å². The minimum absolute atomic E-state index is 0.00697. The molecule has 0 saturated carbocycles. The van der Waals surface area contributed by atoms with Crippen molar-refractivity contribution in [1.29, 1.82) is 0 Å². The van der Waals surface area contributed by atoms with E-state index < -0.39 is 23.4 Å². The van der Waals surface area contributed by atoms with Crippen LogP contribution in [0.3, 0.4) is 0 Å². The van der Waals surface area contributed by atoms with Crippen molar-refractivity contribution >= 4 is 22.8 Å². The fourth-order valence-electron chi connectivity index (χ4n) is 2.71. The van der Waals surface area contributed by atoms with Crippen molar-refractivity contribution in [3.8, 4) is 0 Å². The second-order valence-electron chi connectivity index (χ2n) is 5.39. The van der Waals surface area contributed by atoms with Gasteiger partial charge in [-0.15, -0.1) is 0 Å². The number of benzene rings is 1. The van der Waals surface area contributed by atoms with Gasteiger partial charge in [0.2, 0.25) is 0 Å². The quantitative estimate of drug-likeness (QED) is 0.853. The Bertz CT molecular complexity index is 786. The summed E-state index contributed by atoms with van der Waals surface area (Å²) >= 11 is 0. The van der Waals surface area contributed by atoms with E-state index >= 15 is 0 Å². The highest BCUT2D eigenvalue weighted by Crippen LogP contribution is 2.20. The minimum atomic E-state index is -0.836. The smallest absolute Gasteiger partial charge is 0.349 e. The molecule has 6 nitrogen and oxygen atoms in total. The first kappa shape index (κ1) is 14.3. The second-order valence-corrected chi connectivity index (χ2v) is 5.39. The molecular formula is C16H15NO5. The molecule has 2 aromatic rings. The Kier molecular flexibility index (Phi) is 3.66. The van der Waals surface area contributed by atoms with E-state index in [9.17, 15) is 14.4 Å². The van der Waals surface area contributed by atoms with Crippen LogP contribution in [0.25, 0.3) is 11.0 Å². The number of piperidine rings is 1. The number of amides is 1. The van der Waals surface area contributed by atoms with Crippen molar-refractivity contribution in [2.24, 2.45) is 5.92 Å². The zero-order chi connectivity index (χ0) is 15.7. The van der Waals surface area contributed by atoms with Crippen LogP contribution in [-0.2, 0) is 4.79 Å². The average molecular weight is 301 g/mol. The molecule has 0 radical (unpaired) electrons. The molecule has 1 aromatic carbocycles. The molecule has 1 aliphatic heterocycles. The maximum Gasteiger partial charge on any atom is 0.349 e. The third-order valence-electron chi connectivity index (χ3n) is 4.00. The first-order valence-corrected chi connectivity index (χ1v) is 7.11. The summed E-state index contributed by atoms with van der Waals surface area (Å²) in [5.74, 6) is -1.65. The summed E-state index contributed by atoms with van der Waals surface area (Å²) in [5.41, 5.74) is -0.231. The SMILES string of the molecule is O=C(O)C1CCN(C(=O)c2cc3ccccc3oc2=O)CC1. The molecule has 22 heavy (non-hydrogen) atoms. The van der Waals surface area contributed by atoms with Gasteiger partial charge in [0.05, 0.1) is 5.92 Å². The molecule has 0 bridgehead atoms. The van der Waals surface area contributed by atoms with E-state index in [4.69, 9.17) is 9.52 Å². The van der Waals surface area contributed by atoms with Crippen LogP contribution in [-0.4, -0.2) is 35.0 Å². The van der Waals surface area contributed by atoms with Crippen molar-refractivity contribution in [2.45, 2.75) is 12.8 Å². The molecule has 114 valence electrons. The Balaban J connectivity index is 1.85. The lowest BCUT2D eigenvalue weighted by atomic mass is 9.96. The fraction of sp³-hybridized carbons (Fsp3) is 0.312. The largest absolute Gasteiger partial charge is 0.481 e. The molecule has 1 fully saturated rings. The molecule has 1 aromatic heterocycles. The minimum Gasteiger partial charge on any atom is -0.481 e. The molecule has 1 saturated heterocycles. The first-order chi connectivity index (χ1) is 10.6. The van der Waals surface area contributed by atoms with Gasteiger partial charge in [-0.2, -0.15) is 0 Å². The van der Waals surface area contributed by atoms with Gasteiger partial charge in [-0.3, -0.25) is 9.59 Å². The summed E-state index contributed by atoms with van der Waals surface area (Å²) in [6.45, 7) is 0.671. The number of fused-ring (bicyclic) bond motifs is 1. The van der Waals surface area contributed by atoms with Crippen molar-refractivity contribution < 1.29 is 19.1 Å². The zero-order valence-corrected chi connectivity index (χ0v) is 11.8. The number of rotatable bonds is 2. The van der Waals surface area contributed by atoms with Gasteiger partial charge in [-0.1, -0.05) is 18.2 Å². The lowest BCUT2D eigenvalue weighted by molar-refractivity contribution is -0.143. The predicted octanol–water partition coefficient (Wildman–Crippen LogP) is 1.73. The Morgan fingerprint density at radius 2 is 1.86 bits per heavy atom.